The van der Waals surface area contributed by atoms with Crippen molar-refractivity contribution in [2.24, 2.45) is 4.99 Å². The van der Waals surface area contributed by atoms with Crippen LogP contribution in [0.1, 0.15) is 48.6 Å². The fourth-order valence-corrected chi connectivity index (χ4v) is 6.01. The Hall–Kier alpha value is -4.07. The first-order valence-corrected chi connectivity index (χ1v) is 15.7. The molecule has 1 atom stereocenters. The second-order valence-corrected chi connectivity index (χ2v) is 12.4. The summed E-state index contributed by atoms with van der Waals surface area (Å²) < 4.78 is 19.3. The van der Waals surface area contributed by atoms with Gasteiger partial charge in [0.25, 0.3) is 0 Å². The zero-order chi connectivity index (χ0) is 32.2. The van der Waals surface area contributed by atoms with Gasteiger partial charge in [0.2, 0.25) is 0 Å². The van der Waals surface area contributed by atoms with Gasteiger partial charge in [0.1, 0.15) is 24.3 Å². The van der Waals surface area contributed by atoms with Crippen LogP contribution in [-0.2, 0) is 11.2 Å². The van der Waals surface area contributed by atoms with Crippen molar-refractivity contribution in [1.82, 2.24) is 4.90 Å². The molecule has 1 aliphatic carbocycles. The molecular formula is C38H44FN3O3. The number of hydrogen-bond donors (Lipinski definition) is 1. The number of carbonyl (C=O) groups excluding carboxylic acids is 1. The quantitative estimate of drug-likeness (QED) is 0.269. The van der Waals surface area contributed by atoms with Gasteiger partial charge >= 0.3 is 0 Å². The molecule has 45 heavy (non-hydrogen) atoms. The summed E-state index contributed by atoms with van der Waals surface area (Å²) in [5, 5.41) is 10.9. The van der Waals surface area contributed by atoms with E-state index in [1.165, 1.54) is 23.4 Å². The summed E-state index contributed by atoms with van der Waals surface area (Å²) in [6, 6.07) is 17.3. The van der Waals surface area contributed by atoms with Crippen molar-refractivity contribution in [2.45, 2.75) is 54.1 Å². The highest BCUT2D eigenvalue weighted by Gasteiger charge is 2.22. The predicted molar refractivity (Wildman–Crippen MR) is 181 cm³/mol. The molecular weight excluding hydrogens is 565 g/mol. The maximum Gasteiger partial charge on any atom is 0.184 e. The zero-order valence-corrected chi connectivity index (χ0v) is 27.3. The lowest BCUT2D eigenvalue weighted by Crippen LogP contribution is -2.49. The summed E-state index contributed by atoms with van der Waals surface area (Å²) in [6.07, 6.45) is 2.04. The van der Waals surface area contributed by atoms with Crippen LogP contribution in [0.2, 0.25) is 0 Å². The van der Waals surface area contributed by atoms with E-state index >= 15 is 0 Å². The van der Waals surface area contributed by atoms with Gasteiger partial charge in [-0.3, -0.25) is 9.69 Å². The molecule has 1 fully saturated rings. The third-order valence-electron chi connectivity index (χ3n) is 9.13. The van der Waals surface area contributed by atoms with Crippen LogP contribution in [-0.4, -0.2) is 66.9 Å². The number of piperazine rings is 1. The average Bonchev–Trinajstić information content (AvgIpc) is 3.03. The molecule has 0 aromatic heterocycles. The number of carbonyl (C=O) groups is 1. The number of aliphatic imine (C=N–C) groups is 1. The first-order valence-electron chi connectivity index (χ1n) is 15.7. The smallest absolute Gasteiger partial charge is 0.184 e. The second-order valence-electron chi connectivity index (χ2n) is 12.4. The SMILES string of the molecule is CC1=CC(=Nc2c(C)cc(OC[C@@H](O)CN3CCN(c4ccc(Cc5ccc(F)cc5)cc4)CC3)c(C)c2C)C(C)=C(C)C1=O. The van der Waals surface area contributed by atoms with E-state index in [0.717, 1.165) is 83.1 Å². The molecule has 3 aromatic rings. The van der Waals surface area contributed by atoms with Crippen LogP contribution in [0.3, 0.4) is 0 Å². The lowest BCUT2D eigenvalue weighted by Gasteiger charge is -2.37. The van der Waals surface area contributed by atoms with Gasteiger partial charge in [-0.05, 0) is 123 Å². The number of allylic oxidation sites excluding steroid dienone is 4. The van der Waals surface area contributed by atoms with E-state index in [4.69, 9.17) is 9.73 Å². The molecule has 7 heteroatoms. The number of aryl methyl sites for hydroxylation is 1. The Morgan fingerprint density at radius 1 is 0.867 bits per heavy atom. The molecule has 0 saturated carbocycles. The third kappa shape index (κ3) is 7.60. The monoisotopic (exact) mass is 609 g/mol. The number of Topliss-reactive ketones (excluding diaryl/α,β-unsaturated/α-hetero) is 1. The normalized spacial score (nSPS) is 17.6. The number of aliphatic hydroxyl groups excluding tert-OH is 1. The predicted octanol–water partition coefficient (Wildman–Crippen LogP) is 6.84. The highest BCUT2D eigenvalue weighted by Crippen LogP contribution is 2.35. The minimum Gasteiger partial charge on any atom is -0.491 e. The Morgan fingerprint density at radius 2 is 1.49 bits per heavy atom. The second kappa shape index (κ2) is 13.9. The Morgan fingerprint density at radius 3 is 2.13 bits per heavy atom. The summed E-state index contributed by atoms with van der Waals surface area (Å²) in [5.41, 5.74) is 10.6. The molecule has 1 saturated heterocycles. The lowest BCUT2D eigenvalue weighted by atomic mass is 9.91. The van der Waals surface area contributed by atoms with Crippen LogP contribution < -0.4 is 9.64 Å². The van der Waals surface area contributed by atoms with Crippen LogP contribution in [0.5, 0.6) is 5.75 Å². The molecule has 0 spiro atoms. The first kappa shape index (κ1) is 32.3. The van der Waals surface area contributed by atoms with Gasteiger partial charge in [0.15, 0.2) is 5.78 Å². The van der Waals surface area contributed by atoms with Gasteiger partial charge in [-0.25, -0.2) is 9.38 Å². The Balaban J connectivity index is 1.13. The fraction of sp³-hybridized carbons (Fsp3) is 0.368. The molecule has 5 rings (SSSR count). The Kier molecular flexibility index (Phi) is 10.0. The fourth-order valence-electron chi connectivity index (χ4n) is 6.01. The number of aliphatic hydroxyl groups is 1. The summed E-state index contributed by atoms with van der Waals surface area (Å²) in [6.45, 7) is 16.0. The van der Waals surface area contributed by atoms with Crippen molar-refractivity contribution in [2.75, 3.05) is 44.2 Å². The maximum atomic E-state index is 13.2. The van der Waals surface area contributed by atoms with E-state index in [1.807, 2.05) is 65.8 Å². The number of rotatable bonds is 9. The zero-order valence-electron chi connectivity index (χ0n) is 27.3. The molecule has 6 nitrogen and oxygen atoms in total. The number of nitrogens with zero attached hydrogens (tertiary/aromatic N) is 3. The molecule has 1 heterocycles. The Labute approximate surface area is 266 Å². The van der Waals surface area contributed by atoms with Gasteiger partial charge in [-0.15, -0.1) is 0 Å². The molecule has 1 N–H and O–H groups in total. The average molecular weight is 610 g/mol. The third-order valence-corrected chi connectivity index (χ3v) is 9.13. The number of halogens is 1. The van der Waals surface area contributed by atoms with Crippen LogP contribution in [0.4, 0.5) is 15.8 Å². The number of ketones is 1. The van der Waals surface area contributed by atoms with E-state index in [0.29, 0.717) is 12.1 Å². The molecule has 2 aliphatic rings. The molecule has 0 amide bonds. The largest absolute Gasteiger partial charge is 0.491 e. The summed E-state index contributed by atoms with van der Waals surface area (Å²) >= 11 is 0. The first-order chi connectivity index (χ1) is 21.5. The number of benzene rings is 3. The highest BCUT2D eigenvalue weighted by molar-refractivity contribution is 6.24. The van der Waals surface area contributed by atoms with E-state index < -0.39 is 6.10 Å². The number of anilines is 1. The van der Waals surface area contributed by atoms with Gasteiger partial charge in [-0.2, -0.15) is 0 Å². The number of β-amino-alcohol motifs (C(OH)–C–C–N with tert-alkyl or cyclic N) is 1. The van der Waals surface area contributed by atoms with Crippen molar-refractivity contribution in [1.29, 1.82) is 0 Å². The molecule has 1 aliphatic heterocycles. The molecule has 0 radical (unpaired) electrons. The minimum atomic E-state index is -0.606. The summed E-state index contributed by atoms with van der Waals surface area (Å²) in [5.74, 6) is 0.623. The summed E-state index contributed by atoms with van der Waals surface area (Å²) in [7, 11) is 0. The minimum absolute atomic E-state index is 0.0749. The number of ether oxygens (including phenoxy) is 1. The van der Waals surface area contributed by atoms with Crippen molar-refractivity contribution in [3.05, 3.63) is 111 Å². The van der Waals surface area contributed by atoms with Crippen LogP contribution in [0, 0.1) is 26.6 Å². The van der Waals surface area contributed by atoms with Crippen molar-refractivity contribution in [3.8, 4) is 5.75 Å². The highest BCUT2D eigenvalue weighted by atomic mass is 19.1. The Bertz CT molecular complexity index is 1650. The topological polar surface area (TPSA) is 65.4 Å². The van der Waals surface area contributed by atoms with E-state index in [9.17, 15) is 14.3 Å². The molecule has 0 unspecified atom stereocenters. The van der Waals surface area contributed by atoms with Crippen LogP contribution in [0.25, 0.3) is 0 Å². The standard InChI is InChI=1S/C38H44FN3O3/c1-24-20-36(27(4)28(5)37(24)40-35-19-25(2)38(44)29(6)26(35)3)45-23-34(43)22-41-15-17-42(18-16-41)33-13-9-31(10-14-33)21-30-7-11-32(39)12-8-30/h7-14,19-20,34,43H,15-18,21-23H2,1-6H3/t34-/m0/s1. The van der Waals surface area contributed by atoms with E-state index in [2.05, 4.69) is 34.1 Å². The lowest BCUT2D eigenvalue weighted by molar-refractivity contribution is -0.112. The van der Waals surface area contributed by atoms with Crippen molar-refractivity contribution in [3.63, 3.8) is 0 Å². The van der Waals surface area contributed by atoms with Crippen LogP contribution >= 0.6 is 0 Å². The van der Waals surface area contributed by atoms with E-state index in [1.54, 1.807) is 0 Å². The van der Waals surface area contributed by atoms with Gasteiger partial charge in [0, 0.05) is 44.0 Å². The van der Waals surface area contributed by atoms with Crippen molar-refractivity contribution >= 4 is 22.9 Å². The van der Waals surface area contributed by atoms with Gasteiger partial charge < -0.3 is 14.7 Å². The summed E-state index contributed by atoms with van der Waals surface area (Å²) in [4.78, 5) is 22.0. The molecule has 236 valence electrons. The van der Waals surface area contributed by atoms with Crippen LogP contribution in [0.15, 0.2) is 82.4 Å². The van der Waals surface area contributed by atoms with Gasteiger partial charge in [-0.1, -0.05) is 24.3 Å². The molecule has 3 aromatic carbocycles. The number of hydrogen-bond acceptors (Lipinski definition) is 6. The van der Waals surface area contributed by atoms with E-state index in [-0.39, 0.29) is 18.2 Å². The van der Waals surface area contributed by atoms with Crippen molar-refractivity contribution < 1.29 is 19.0 Å². The maximum absolute atomic E-state index is 13.2. The molecule has 0 bridgehead atoms. The van der Waals surface area contributed by atoms with Gasteiger partial charge in [0.05, 0.1) is 11.4 Å².